The number of carbonyl (C=O) groups is 1. The fourth-order valence-corrected chi connectivity index (χ4v) is 3.84. The van der Waals surface area contributed by atoms with Crippen LogP contribution in [0.25, 0.3) is 0 Å². The highest BCUT2D eigenvalue weighted by Gasteiger charge is 2.25. The van der Waals surface area contributed by atoms with Gasteiger partial charge in [-0.3, -0.25) is 4.79 Å². The van der Waals surface area contributed by atoms with Crippen LogP contribution < -0.4 is 10.1 Å². The molecule has 2 heterocycles. The fourth-order valence-electron chi connectivity index (χ4n) is 3.04. The Kier molecular flexibility index (Phi) is 5.48. The van der Waals surface area contributed by atoms with Crippen LogP contribution in [0.1, 0.15) is 27.3 Å². The highest BCUT2D eigenvalue weighted by Crippen LogP contribution is 2.24. The van der Waals surface area contributed by atoms with E-state index in [4.69, 9.17) is 4.74 Å². The molecule has 3 rings (SSSR count). The van der Waals surface area contributed by atoms with Crippen molar-refractivity contribution < 1.29 is 9.53 Å². The molecule has 5 nitrogen and oxygen atoms in total. The zero-order valence-electron chi connectivity index (χ0n) is 14.1. The third kappa shape index (κ3) is 3.76. The molecular weight excluding hydrogens is 322 g/mol. The van der Waals surface area contributed by atoms with Gasteiger partial charge in [0, 0.05) is 11.4 Å². The minimum Gasteiger partial charge on any atom is -0.496 e. The summed E-state index contributed by atoms with van der Waals surface area (Å²) in [7, 11) is 1.60. The molecule has 0 unspecified atom stereocenters. The highest BCUT2D eigenvalue weighted by atomic mass is 32.1. The molecule has 128 valence electrons. The highest BCUT2D eigenvalue weighted by molar-refractivity contribution is 7.09. The van der Waals surface area contributed by atoms with E-state index in [9.17, 15) is 4.79 Å². The van der Waals surface area contributed by atoms with Gasteiger partial charge in [0.15, 0.2) is 0 Å². The third-order valence-electron chi connectivity index (χ3n) is 4.44. The predicted molar refractivity (Wildman–Crippen MR) is 95.6 cm³/mol. The lowest BCUT2D eigenvalue weighted by atomic mass is 10.1. The Bertz CT molecular complexity index is 695. The Hall–Kier alpha value is -1.92. The lowest BCUT2D eigenvalue weighted by Gasteiger charge is -2.26. The van der Waals surface area contributed by atoms with Gasteiger partial charge in [-0.25, -0.2) is 4.98 Å². The Balaban J connectivity index is 1.84. The van der Waals surface area contributed by atoms with Crippen molar-refractivity contribution in [2.75, 3.05) is 26.7 Å². The Labute approximate surface area is 146 Å². The monoisotopic (exact) mass is 345 g/mol. The molecule has 0 bridgehead atoms. The summed E-state index contributed by atoms with van der Waals surface area (Å²) in [6.07, 6.45) is 1.11. The van der Waals surface area contributed by atoms with Crippen molar-refractivity contribution in [3.05, 3.63) is 45.9 Å². The standard InChI is InChI=1S/C18H23N3O2S/c1-13-17(24-12-20-13)11-21(10-14-7-8-19-9-14)18(22)15-5-3-4-6-16(15)23-2/h3-6,12,14,19H,7-11H2,1-2H3/t14-/m0/s1. The average molecular weight is 345 g/mol. The van der Waals surface area contributed by atoms with E-state index in [0.717, 1.165) is 36.6 Å². The first-order valence-electron chi connectivity index (χ1n) is 8.21. The van der Waals surface area contributed by atoms with Crippen molar-refractivity contribution >= 4 is 17.2 Å². The van der Waals surface area contributed by atoms with Crippen LogP contribution in [-0.4, -0.2) is 42.5 Å². The molecule has 1 aromatic heterocycles. The van der Waals surface area contributed by atoms with Crippen LogP contribution in [-0.2, 0) is 6.54 Å². The molecule has 1 N–H and O–H groups in total. The molecule has 1 atom stereocenters. The van der Waals surface area contributed by atoms with Gasteiger partial charge >= 0.3 is 0 Å². The van der Waals surface area contributed by atoms with Crippen LogP contribution in [0.2, 0.25) is 0 Å². The van der Waals surface area contributed by atoms with Crippen LogP contribution in [0.5, 0.6) is 5.75 Å². The molecule has 2 aromatic rings. The van der Waals surface area contributed by atoms with Gasteiger partial charge < -0.3 is 15.0 Å². The predicted octanol–water partition coefficient (Wildman–Crippen LogP) is 2.71. The maximum atomic E-state index is 13.2. The van der Waals surface area contributed by atoms with E-state index >= 15 is 0 Å². The summed E-state index contributed by atoms with van der Waals surface area (Å²) in [5.41, 5.74) is 3.46. The summed E-state index contributed by atoms with van der Waals surface area (Å²) in [6.45, 7) is 5.35. The lowest BCUT2D eigenvalue weighted by molar-refractivity contribution is 0.0717. The van der Waals surface area contributed by atoms with Crippen LogP contribution >= 0.6 is 11.3 Å². The summed E-state index contributed by atoms with van der Waals surface area (Å²) in [5.74, 6) is 1.14. The molecule has 6 heteroatoms. The van der Waals surface area contributed by atoms with Gasteiger partial charge in [-0.1, -0.05) is 12.1 Å². The van der Waals surface area contributed by atoms with Crippen LogP contribution in [0.15, 0.2) is 29.8 Å². The number of nitrogens with zero attached hydrogens (tertiary/aromatic N) is 2. The summed E-state index contributed by atoms with van der Waals surface area (Å²) >= 11 is 1.61. The van der Waals surface area contributed by atoms with Crippen LogP contribution in [0, 0.1) is 12.8 Å². The lowest BCUT2D eigenvalue weighted by Crippen LogP contribution is -2.35. The van der Waals surface area contributed by atoms with E-state index in [1.54, 1.807) is 18.4 Å². The molecule has 1 aliphatic rings. The Morgan fingerprint density at radius 1 is 1.46 bits per heavy atom. The fraction of sp³-hybridized carbons (Fsp3) is 0.444. The van der Waals surface area contributed by atoms with Crippen molar-refractivity contribution in [2.45, 2.75) is 19.9 Å². The molecule has 1 aromatic carbocycles. The average Bonchev–Trinajstić information content (AvgIpc) is 3.26. The van der Waals surface area contributed by atoms with E-state index in [0.29, 0.717) is 23.8 Å². The zero-order chi connectivity index (χ0) is 16.9. The summed E-state index contributed by atoms with van der Waals surface area (Å²) < 4.78 is 5.38. The minimum atomic E-state index is 0.0205. The van der Waals surface area contributed by atoms with Crippen molar-refractivity contribution in [3.63, 3.8) is 0 Å². The third-order valence-corrected chi connectivity index (χ3v) is 5.36. The number of ether oxygens (including phenoxy) is 1. The molecule has 0 aliphatic carbocycles. The molecule has 0 radical (unpaired) electrons. The minimum absolute atomic E-state index is 0.0205. The van der Waals surface area contributed by atoms with E-state index < -0.39 is 0 Å². The number of amides is 1. The van der Waals surface area contributed by atoms with E-state index in [2.05, 4.69) is 10.3 Å². The van der Waals surface area contributed by atoms with Crippen LogP contribution in [0.4, 0.5) is 0 Å². The first kappa shape index (κ1) is 16.9. The Morgan fingerprint density at radius 3 is 2.96 bits per heavy atom. The van der Waals surface area contributed by atoms with Gasteiger partial charge in [-0.05, 0) is 44.5 Å². The number of nitrogens with one attached hydrogen (secondary N) is 1. The Morgan fingerprint density at radius 2 is 2.29 bits per heavy atom. The number of para-hydroxylation sites is 1. The van der Waals surface area contributed by atoms with Crippen LogP contribution in [0.3, 0.4) is 0 Å². The van der Waals surface area contributed by atoms with Gasteiger partial charge in [0.2, 0.25) is 0 Å². The topological polar surface area (TPSA) is 54.5 Å². The number of carbonyl (C=O) groups excluding carboxylic acids is 1. The van der Waals surface area contributed by atoms with Gasteiger partial charge in [0.1, 0.15) is 5.75 Å². The summed E-state index contributed by atoms with van der Waals surface area (Å²) in [5, 5.41) is 3.38. The van der Waals surface area contributed by atoms with Gasteiger partial charge in [-0.2, -0.15) is 0 Å². The number of aromatic nitrogens is 1. The molecule has 0 saturated carbocycles. The first-order valence-corrected chi connectivity index (χ1v) is 9.09. The van der Waals surface area contributed by atoms with E-state index in [-0.39, 0.29) is 5.91 Å². The molecule has 1 fully saturated rings. The second-order valence-corrected chi connectivity index (χ2v) is 7.05. The molecule has 1 saturated heterocycles. The largest absolute Gasteiger partial charge is 0.496 e. The summed E-state index contributed by atoms with van der Waals surface area (Å²) in [4.78, 5) is 20.6. The maximum Gasteiger partial charge on any atom is 0.257 e. The number of hydrogen-bond acceptors (Lipinski definition) is 5. The molecule has 0 spiro atoms. The molecule has 1 amide bonds. The van der Waals surface area contributed by atoms with Crippen molar-refractivity contribution in [2.24, 2.45) is 5.92 Å². The number of benzene rings is 1. The maximum absolute atomic E-state index is 13.2. The van der Waals surface area contributed by atoms with Gasteiger partial charge in [-0.15, -0.1) is 11.3 Å². The number of hydrogen-bond donors (Lipinski definition) is 1. The number of aryl methyl sites for hydroxylation is 1. The SMILES string of the molecule is COc1ccccc1C(=O)N(Cc1scnc1C)C[C@H]1CCNC1. The second-order valence-electron chi connectivity index (χ2n) is 6.11. The molecular formula is C18H23N3O2S. The van der Waals surface area contributed by atoms with Gasteiger partial charge in [0.05, 0.1) is 30.4 Å². The summed E-state index contributed by atoms with van der Waals surface area (Å²) in [6, 6.07) is 7.43. The number of rotatable bonds is 6. The van der Waals surface area contributed by atoms with E-state index in [1.807, 2.05) is 41.6 Å². The van der Waals surface area contributed by atoms with Gasteiger partial charge in [0.25, 0.3) is 5.91 Å². The van der Waals surface area contributed by atoms with Crippen molar-refractivity contribution in [3.8, 4) is 5.75 Å². The normalized spacial score (nSPS) is 17.0. The quantitative estimate of drug-likeness (QED) is 0.875. The second kappa shape index (κ2) is 7.77. The number of thiazole rings is 1. The first-order chi connectivity index (χ1) is 11.7. The molecule has 24 heavy (non-hydrogen) atoms. The molecule has 1 aliphatic heterocycles. The van der Waals surface area contributed by atoms with Crippen molar-refractivity contribution in [1.82, 2.24) is 15.2 Å². The smallest absolute Gasteiger partial charge is 0.257 e. The zero-order valence-corrected chi connectivity index (χ0v) is 14.9. The van der Waals surface area contributed by atoms with E-state index in [1.165, 1.54) is 0 Å². The number of methoxy groups -OCH3 is 1. The van der Waals surface area contributed by atoms with Crippen molar-refractivity contribution in [1.29, 1.82) is 0 Å².